The van der Waals surface area contributed by atoms with E-state index in [1.807, 2.05) is 37.5 Å². The molecule has 1 aliphatic rings. The summed E-state index contributed by atoms with van der Waals surface area (Å²) in [4.78, 5) is 9.16. The van der Waals surface area contributed by atoms with E-state index >= 15 is 0 Å². The number of nitrogens with zero attached hydrogens (tertiary/aromatic N) is 3. The maximum absolute atomic E-state index is 9.08. The summed E-state index contributed by atoms with van der Waals surface area (Å²) in [5, 5.41) is 9.08. The molecule has 0 radical (unpaired) electrons. The van der Waals surface area contributed by atoms with Crippen molar-refractivity contribution in [3.05, 3.63) is 47.3 Å². The molecule has 1 aliphatic carbocycles. The van der Waals surface area contributed by atoms with E-state index in [1.54, 1.807) is 0 Å². The van der Waals surface area contributed by atoms with E-state index in [0.717, 1.165) is 35.2 Å². The second kappa shape index (κ2) is 11.8. The molecule has 0 atom stereocenters. The Labute approximate surface area is 183 Å². The Bertz CT molecular complexity index is 811. The van der Waals surface area contributed by atoms with Crippen LogP contribution in [0.5, 0.6) is 0 Å². The van der Waals surface area contributed by atoms with Gasteiger partial charge < -0.3 is 0 Å². The van der Waals surface area contributed by atoms with Gasteiger partial charge in [0.15, 0.2) is 5.82 Å². The zero-order valence-electron chi connectivity index (χ0n) is 18.9. The standard InChI is InChI=1S/C27H37N3/c1-3-4-5-6-7-8-22-9-11-23(12-10-22)13-14-24-19-29-27(30-20-24)25-15-16-26(18-28)21(2)17-25/h15-17,19-20,22-23H,3-14H2,1-2H3. The van der Waals surface area contributed by atoms with Crippen LogP contribution in [0.2, 0.25) is 0 Å². The Morgan fingerprint density at radius 3 is 2.23 bits per heavy atom. The van der Waals surface area contributed by atoms with Gasteiger partial charge in [0.1, 0.15) is 0 Å². The molecule has 2 aromatic rings. The largest absolute Gasteiger partial charge is 0.236 e. The summed E-state index contributed by atoms with van der Waals surface area (Å²) < 4.78 is 0. The van der Waals surface area contributed by atoms with Crippen molar-refractivity contribution >= 4 is 0 Å². The van der Waals surface area contributed by atoms with Crippen molar-refractivity contribution in [2.75, 3.05) is 0 Å². The lowest BCUT2D eigenvalue weighted by atomic mass is 9.78. The normalized spacial score (nSPS) is 18.8. The van der Waals surface area contributed by atoms with E-state index in [-0.39, 0.29) is 0 Å². The first-order valence-electron chi connectivity index (χ1n) is 12.0. The van der Waals surface area contributed by atoms with E-state index in [9.17, 15) is 0 Å². The molecular formula is C27H37N3. The van der Waals surface area contributed by atoms with Crippen LogP contribution in [0.4, 0.5) is 0 Å². The quantitative estimate of drug-likeness (QED) is 0.388. The summed E-state index contributed by atoms with van der Waals surface area (Å²) in [5.41, 5.74) is 3.90. The molecule has 0 spiro atoms. The molecule has 3 rings (SSSR count). The Balaban J connectivity index is 1.40. The van der Waals surface area contributed by atoms with Gasteiger partial charge in [0.2, 0.25) is 0 Å². The third-order valence-electron chi connectivity index (χ3n) is 6.83. The summed E-state index contributed by atoms with van der Waals surface area (Å²) in [6.07, 6.45) is 20.5. The molecule has 160 valence electrons. The Hall–Kier alpha value is -2.21. The first-order chi connectivity index (χ1) is 14.7. The second-order valence-electron chi connectivity index (χ2n) is 9.18. The van der Waals surface area contributed by atoms with Gasteiger partial charge >= 0.3 is 0 Å². The van der Waals surface area contributed by atoms with Gasteiger partial charge in [0.05, 0.1) is 11.6 Å². The molecule has 1 aromatic heterocycles. The highest BCUT2D eigenvalue weighted by Gasteiger charge is 2.20. The van der Waals surface area contributed by atoms with Crippen molar-refractivity contribution in [3.8, 4) is 17.5 Å². The summed E-state index contributed by atoms with van der Waals surface area (Å²) >= 11 is 0. The zero-order valence-corrected chi connectivity index (χ0v) is 18.9. The number of nitriles is 1. The van der Waals surface area contributed by atoms with Crippen LogP contribution < -0.4 is 0 Å². The number of rotatable bonds is 10. The van der Waals surface area contributed by atoms with Gasteiger partial charge in [0, 0.05) is 18.0 Å². The van der Waals surface area contributed by atoms with Crippen LogP contribution in [-0.2, 0) is 6.42 Å². The van der Waals surface area contributed by atoms with Gasteiger partial charge in [-0.2, -0.15) is 5.26 Å². The third-order valence-corrected chi connectivity index (χ3v) is 6.83. The Kier molecular flexibility index (Phi) is 8.87. The van der Waals surface area contributed by atoms with Crippen LogP contribution in [0, 0.1) is 30.1 Å². The van der Waals surface area contributed by atoms with Gasteiger partial charge in [-0.25, -0.2) is 9.97 Å². The van der Waals surface area contributed by atoms with Gasteiger partial charge in [-0.15, -0.1) is 0 Å². The molecule has 30 heavy (non-hydrogen) atoms. The summed E-state index contributed by atoms with van der Waals surface area (Å²) in [6, 6.07) is 7.99. The summed E-state index contributed by atoms with van der Waals surface area (Å²) in [5.74, 6) is 2.61. The molecule has 0 amide bonds. The fourth-order valence-corrected chi connectivity index (χ4v) is 4.78. The molecule has 1 heterocycles. The summed E-state index contributed by atoms with van der Waals surface area (Å²) in [6.45, 7) is 4.25. The molecule has 1 fully saturated rings. The smallest absolute Gasteiger partial charge is 0.159 e. The van der Waals surface area contributed by atoms with Crippen LogP contribution >= 0.6 is 0 Å². The number of hydrogen-bond acceptors (Lipinski definition) is 3. The number of unbranched alkanes of at least 4 members (excludes halogenated alkanes) is 4. The number of benzene rings is 1. The number of aromatic nitrogens is 2. The summed E-state index contributed by atoms with van der Waals surface area (Å²) in [7, 11) is 0. The van der Waals surface area contributed by atoms with Gasteiger partial charge in [-0.1, -0.05) is 71.1 Å². The van der Waals surface area contributed by atoms with Crippen molar-refractivity contribution in [2.24, 2.45) is 11.8 Å². The number of hydrogen-bond donors (Lipinski definition) is 0. The number of aryl methyl sites for hydroxylation is 2. The fraction of sp³-hybridized carbons (Fsp3) is 0.593. The predicted octanol–water partition coefficient (Wildman–Crippen LogP) is 7.42. The van der Waals surface area contributed by atoms with Crippen LogP contribution in [0.25, 0.3) is 11.4 Å². The van der Waals surface area contributed by atoms with Crippen molar-refractivity contribution in [1.82, 2.24) is 9.97 Å². The third kappa shape index (κ3) is 6.66. The Morgan fingerprint density at radius 2 is 1.60 bits per heavy atom. The van der Waals surface area contributed by atoms with E-state index in [2.05, 4.69) is 23.0 Å². The van der Waals surface area contributed by atoms with Crippen LogP contribution in [0.3, 0.4) is 0 Å². The van der Waals surface area contributed by atoms with E-state index < -0.39 is 0 Å². The molecule has 0 unspecified atom stereocenters. The van der Waals surface area contributed by atoms with E-state index in [4.69, 9.17) is 5.26 Å². The fourth-order valence-electron chi connectivity index (χ4n) is 4.78. The Morgan fingerprint density at radius 1 is 0.933 bits per heavy atom. The molecule has 0 aliphatic heterocycles. The maximum atomic E-state index is 9.08. The minimum atomic E-state index is 0.710. The van der Waals surface area contributed by atoms with Crippen LogP contribution in [0.1, 0.15) is 94.2 Å². The van der Waals surface area contributed by atoms with Crippen molar-refractivity contribution in [1.29, 1.82) is 5.26 Å². The van der Waals surface area contributed by atoms with Crippen LogP contribution in [0.15, 0.2) is 30.6 Å². The average molecular weight is 404 g/mol. The molecule has 3 nitrogen and oxygen atoms in total. The first-order valence-corrected chi connectivity index (χ1v) is 12.0. The van der Waals surface area contributed by atoms with Gasteiger partial charge in [-0.05, 0) is 60.9 Å². The van der Waals surface area contributed by atoms with Crippen molar-refractivity contribution < 1.29 is 0 Å². The maximum Gasteiger partial charge on any atom is 0.159 e. The monoisotopic (exact) mass is 403 g/mol. The van der Waals surface area contributed by atoms with Crippen LogP contribution in [-0.4, -0.2) is 9.97 Å². The molecule has 0 saturated heterocycles. The molecule has 0 N–H and O–H groups in total. The topological polar surface area (TPSA) is 49.6 Å². The lowest BCUT2D eigenvalue weighted by molar-refractivity contribution is 0.248. The van der Waals surface area contributed by atoms with Gasteiger partial charge in [0.25, 0.3) is 0 Å². The highest BCUT2D eigenvalue weighted by Crippen LogP contribution is 2.34. The molecule has 1 saturated carbocycles. The average Bonchev–Trinajstić information content (AvgIpc) is 2.78. The minimum Gasteiger partial charge on any atom is -0.236 e. The molecule has 0 bridgehead atoms. The van der Waals surface area contributed by atoms with Crippen molar-refractivity contribution in [2.45, 2.75) is 90.9 Å². The van der Waals surface area contributed by atoms with Crippen molar-refractivity contribution in [3.63, 3.8) is 0 Å². The molecule has 1 aromatic carbocycles. The van der Waals surface area contributed by atoms with E-state index in [0.29, 0.717) is 5.56 Å². The second-order valence-corrected chi connectivity index (χ2v) is 9.18. The van der Waals surface area contributed by atoms with E-state index in [1.165, 1.54) is 76.2 Å². The lowest BCUT2D eigenvalue weighted by Gasteiger charge is -2.28. The predicted molar refractivity (Wildman–Crippen MR) is 124 cm³/mol. The SMILES string of the molecule is CCCCCCCC1CCC(CCc2cnc(-c3ccc(C#N)c(C)c3)nc2)CC1. The molecule has 3 heteroatoms. The first kappa shape index (κ1) is 22.5. The molecular weight excluding hydrogens is 366 g/mol. The van der Waals surface area contributed by atoms with Gasteiger partial charge in [-0.3, -0.25) is 0 Å². The zero-order chi connectivity index (χ0) is 21.2. The highest BCUT2D eigenvalue weighted by atomic mass is 14.9. The lowest BCUT2D eigenvalue weighted by Crippen LogP contribution is -2.15. The minimum absolute atomic E-state index is 0.710. The highest BCUT2D eigenvalue weighted by molar-refractivity contribution is 5.58.